The van der Waals surface area contributed by atoms with E-state index in [-0.39, 0.29) is 18.6 Å². The van der Waals surface area contributed by atoms with Crippen LogP contribution in [0, 0.1) is 0 Å². The van der Waals surface area contributed by atoms with Gasteiger partial charge in [-0.3, -0.25) is 9.59 Å². The summed E-state index contributed by atoms with van der Waals surface area (Å²) in [5, 5.41) is 8.56. The SMILES string of the molecule is O=C(O)CCCCCCCCCCCCCCCC(=O)Cc1cnc(C(F)(F)F)nc1. The number of halogens is 3. The summed E-state index contributed by atoms with van der Waals surface area (Å²) in [6, 6.07) is 0. The lowest BCUT2D eigenvalue weighted by atomic mass is 10.0. The predicted octanol–water partition coefficient (Wildman–Crippen LogP) is 6.54. The van der Waals surface area contributed by atoms with E-state index in [0.29, 0.717) is 12.0 Å². The maximum atomic E-state index is 12.4. The highest BCUT2D eigenvalue weighted by Gasteiger charge is 2.34. The number of hydrogen-bond acceptors (Lipinski definition) is 4. The fourth-order valence-electron chi connectivity index (χ4n) is 3.45. The van der Waals surface area contributed by atoms with Crippen LogP contribution in [-0.2, 0) is 22.2 Å². The highest BCUT2D eigenvalue weighted by molar-refractivity contribution is 5.80. The highest BCUT2D eigenvalue weighted by atomic mass is 19.4. The maximum Gasteiger partial charge on any atom is 0.451 e. The molecule has 1 N–H and O–H groups in total. The molecule has 0 saturated carbocycles. The fourth-order valence-corrected chi connectivity index (χ4v) is 3.45. The van der Waals surface area contributed by atoms with Gasteiger partial charge < -0.3 is 5.11 Å². The Kier molecular flexibility index (Phi) is 13.7. The molecule has 0 bridgehead atoms. The molecule has 1 aromatic heterocycles. The van der Waals surface area contributed by atoms with Crippen LogP contribution in [0.25, 0.3) is 0 Å². The van der Waals surface area contributed by atoms with Crippen molar-refractivity contribution in [1.29, 1.82) is 0 Å². The zero-order chi connectivity index (χ0) is 23.0. The van der Waals surface area contributed by atoms with Gasteiger partial charge in [-0.25, -0.2) is 9.97 Å². The van der Waals surface area contributed by atoms with Crippen LogP contribution in [0.2, 0.25) is 0 Å². The Morgan fingerprint density at radius 3 is 1.48 bits per heavy atom. The van der Waals surface area contributed by atoms with E-state index < -0.39 is 18.0 Å². The van der Waals surface area contributed by atoms with Crippen molar-refractivity contribution in [2.45, 2.75) is 109 Å². The third kappa shape index (κ3) is 14.6. The molecule has 1 heterocycles. The molecule has 0 aromatic carbocycles. The van der Waals surface area contributed by atoms with E-state index in [1.807, 2.05) is 0 Å². The summed E-state index contributed by atoms with van der Waals surface area (Å²) in [6.45, 7) is 0. The van der Waals surface area contributed by atoms with Crippen LogP contribution < -0.4 is 0 Å². The Bertz CT molecular complexity index is 634. The number of carboxylic acid groups (broad SMARTS) is 1. The molecule has 0 unspecified atom stereocenters. The van der Waals surface area contributed by atoms with Crippen LogP contribution in [0.3, 0.4) is 0 Å². The topological polar surface area (TPSA) is 80.1 Å². The van der Waals surface area contributed by atoms with Crippen molar-refractivity contribution < 1.29 is 27.9 Å². The van der Waals surface area contributed by atoms with E-state index in [2.05, 4.69) is 9.97 Å². The van der Waals surface area contributed by atoms with E-state index in [9.17, 15) is 22.8 Å². The van der Waals surface area contributed by atoms with Crippen LogP contribution in [0.1, 0.15) is 108 Å². The van der Waals surface area contributed by atoms with Gasteiger partial charge in [0.25, 0.3) is 0 Å². The van der Waals surface area contributed by atoms with Crippen molar-refractivity contribution in [1.82, 2.24) is 9.97 Å². The fraction of sp³-hybridized carbons (Fsp3) is 0.739. The van der Waals surface area contributed by atoms with Gasteiger partial charge in [0, 0.05) is 31.7 Å². The van der Waals surface area contributed by atoms with E-state index in [1.54, 1.807) is 0 Å². The Labute approximate surface area is 182 Å². The van der Waals surface area contributed by atoms with Gasteiger partial charge in [-0.15, -0.1) is 0 Å². The van der Waals surface area contributed by atoms with Crippen molar-refractivity contribution in [3.63, 3.8) is 0 Å². The second kappa shape index (κ2) is 15.8. The summed E-state index contributed by atoms with van der Waals surface area (Å²) in [5.41, 5.74) is 0.415. The lowest BCUT2D eigenvalue weighted by molar-refractivity contribution is -0.145. The van der Waals surface area contributed by atoms with Crippen molar-refractivity contribution in [3.05, 3.63) is 23.8 Å². The van der Waals surface area contributed by atoms with Crippen molar-refractivity contribution >= 4 is 11.8 Å². The molecule has 0 aliphatic carbocycles. The van der Waals surface area contributed by atoms with Gasteiger partial charge in [0.2, 0.25) is 5.82 Å². The summed E-state index contributed by atoms with van der Waals surface area (Å²) in [6.07, 6.45) is 12.7. The molecule has 0 spiro atoms. The molecule has 5 nitrogen and oxygen atoms in total. The number of aromatic nitrogens is 2. The number of Topliss-reactive ketones (excluding diaryl/α,β-unsaturated/α-hetero) is 1. The molecule has 0 amide bonds. The molecule has 0 radical (unpaired) electrons. The number of nitrogens with zero attached hydrogens (tertiary/aromatic N) is 2. The van der Waals surface area contributed by atoms with Gasteiger partial charge in [0.1, 0.15) is 5.78 Å². The zero-order valence-electron chi connectivity index (χ0n) is 18.3. The molecule has 8 heteroatoms. The van der Waals surface area contributed by atoms with Crippen molar-refractivity contribution in [2.75, 3.05) is 0 Å². The van der Waals surface area contributed by atoms with E-state index in [1.165, 1.54) is 38.5 Å². The van der Waals surface area contributed by atoms with Crippen molar-refractivity contribution in [2.24, 2.45) is 0 Å². The smallest absolute Gasteiger partial charge is 0.451 e. The number of rotatable bonds is 18. The molecule has 1 rings (SSSR count). The molecule has 0 aliphatic rings. The predicted molar refractivity (Wildman–Crippen MR) is 113 cm³/mol. The largest absolute Gasteiger partial charge is 0.481 e. The number of hydrogen-bond donors (Lipinski definition) is 1. The molecule has 0 fully saturated rings. The summed E-state index contributed by atoms with van der Waals surface area (Å²) in [7, 11) is 0. The monoisotopic (exact) mass is 444 g/mol. The summed E-state index contributed by atoms with van der Waals surface area (Å²) >= 11 is 0. The van der Waals surface area contributed by atoms with Gasteiger partial charge >= 0.3 is 12.1 Å². The van der Waals surface area contributed by atoms with Gasteiger partial charge in [0.15, 0.2) is 0 Å². The standard InChI is InChI=1S/C23H35F3N2O3/c24-23(25,26)22-27-17-19(18-28-22)16-20(29)14-12-10-8-6-4-2-1-3-5-7-9-11-13-15-21(30)31/h17-18H,1-16H2,(H,30,31). The molecular formula is C23H35F3N2O3. The molecule has 176 valence electrons. The number of aliphatic carboxylic acids is 1. The maximum absolute atomic E-state index is 12.4. The number of carbonyl (C=O) groups is 2. The lowest BCUT2D eigenvalue weighted by Crippen LogP contribution is -2.12. The number of carbonyl (C=O) groups excluding carboxylic acids is 1. The summed E-state index contributed by atoms with van der Waals surface area (Å²) in [5.74, 6) is -1.89. The number of unbranched alkanes of at least 4 members (excludes halogenated alkanes) is 12. The number of carboxylic acids is 1. The number of alkyl halides is 3. The first-order chi connectivity index (χ1) is 14.8. The molecule has 0 saturated heterocycles. The third-order valence-corrected chi connectivity index (χ3v) is 5.21. The Morgan fingerprint density at radius 1 is 0.710 bits per heavy atom. The minimum Gasteiger partial charge on any atom is -0.481 e. The quantitative estimate of drug-likeness (QED) is 0.260. The Hall–Kier alpha value is -1.99. The second-order valence-electron chi connectivity index (χ2n) is 8.12. The van der Waals surface area contributed by atoms with Gasteiger partial charge in [-0.1, -0.05) is 70.6 Å². The molecular weight excluding hydrogens is 409 g/mol. The minimum atomic E-state index is -4.56. The average Bonchev–Trinajstić information content (AvgIpc) is 2.70. The Balaban J connectivity index is 1.90. The first-order valence-corrected chi connectivity index (χ1v) is 11.4. The van der Waals surface area contributed by atoms with Gasteiger partial charge in [-0.2, -0.15) is 13.2 Å². The number of ketones is 1. The van der Waals surface area contributed by atoms with E-state index in [0.717, 1.165) is 57.3 Å². The van der Waals surface area contributed by atoms with Crippen LogP contribution >= 0.6 is 0 Å². The highest BCUT2D eigenvalue weighted by Crippen LogP contribution is 2.25. The zero-order valence-corrected chi connectivity index (χ0v) is 18.3. The molecule has 31 heavy (non-hydrogen) atoms. The van der Waals surface area contributed by atoms with Crippen molar-refractivity contribution in [3.8, 4) is 0 Å². The first-order valence-electron chi connectivity index (χ1n) is 11.4. The third-order valence-electron chi connectivity index (χ3n) is 5.21. The van der Waals surface area contributed by atoms with Crippen LogP contribution in [0.4, 0.5) is 13.2 Å². The Morgan fingerprint density at radius 2 is 1.10 bits per heavy atom. The molecule has 1 aromatic rings. The summed E-state index contributed by atoms with van der Waals surface area (Å²) in [4.78, 5) is 28.9. The first kappa shape index (κ1) is 27.0. The van der Waals surface area contributed by atoms with E-state index in [4.69, 9.17) is 5.11 Å². The van der Waals surface area contributed by atoms with Crippen LogP contribution in [0.5, 0.6) is 0 Å². The average molecular weight is 445 g/mol. The molecule has 0 atom stereocenters. The van der Waals surface area contributed by atoms with Gasteiger partial charge in [-0.05, 0) is 18.4 Å². The van der Waals surface area contributed by atoms with Crippen LogP contribution in [0.15, 0.2) is 12.4 Å². The molecule has 0 aliphatic heterocycles. The second-order valence-corrected chi connectivity index (χ2v) is 8.12. The van der Waals surface area contributed by atoms with Gasteiger partial charge in [0.05, 0.1) is 0 Å². The summed E-state index contributed by atoms with van der Waals surface area (Å²) < 4.78 is 37.3. The normalized spacial score (nSPS) is 11.6. The lowest BCUT2D eigenvalue weighted by Gasteiger charge is -2.05. The van der Waals surface area contributed by atoms with E-state index >= 15 is 0 Å². The van der Waals surface area contributed by atoms with Crippen LogP contribution in [-0.4, -0.2) is 26.8 Å². The minimum absolute atomic E-state index is 0.00585.